The zero-order valence-electron chi connectivity index (χ0n) is 16.3. The summed E-state index contributed by atoms with van der Waals surface area (Å²) in [5, 5.41) is 27.0. The summed E-state index contributed by atoms with van der Waals surface area (Å²) >= 11 is 0. The minimum absolute atomic E-state index is 0.0405. The van der Waals surface area contributed by atoms with E-state index < -0.39 is 46.9 Å². The molecule has 0 unspecified atom stereocenters. The molecule has 0 spiro atoms. The van der Waals surface area contributed by atoms with E-state index in [-0.39, 0.29) is 45.5 Å². The molecule has 0 aromatic carbocycles. The SMILES string of the molecule is CCOC(=O)C1(C(=O)O)CC(O)C1.CCOC(=O)C1(C(=O)OCC)CC(O)C1. The lowest BCUT2D eigenvalue weighted by Gasteiger charge is -2.40. The Labute approximate surface area is 162 Å². The molecule has 0 aliphatic heterocycles. The molecule has 10 nitrogen and oxygen atoms in total. The summed E-state index contributed by atoms with van der Waals surface area (Å²) < 4.78 is 14.3. The van der Waals surface area contributed by atoms with E-state index in [1.54, 1.807) is 20.8 Å². The van der Waals surface area contributed by atoms with Gasteiger partial charge in [0.25, 0.3) is 0 Å². The number of ether oxygens (including phenoxy) is 3. The van der Waals surface area contributed by atoms with Crippen LogP contribution in [-0.4, -0.2) is 71.2 Å². The van der Waals surface area contributed by atoms with Gasteiger partial charge in [-0.25, -0.2) is 0 Å². The largest absolute Gasteiger partial charge is 0.480 e. The third-order valence-corrected chi connectivity index (χ3v) is 4.74. The fraction of sp³-hybridized carbons (Fsp3) is 0.778. The monoisotopic (exact) mass is 404 g/mol. The number of aliphatic carboxylic acids is 1. The molecule has 2 fully saturated rings. The lowest BCUT2D eigenvalue weighted by Crippen LogP contribution is -2.53. The van der Waals surface area contributed by atoms with Gasteiger partial charge in [-0.15, -0.1) is 0 Å². The Balaban J connectivity index is 0.000000283. The first-order valence-electron chi connectivity index (χ1n) is 9.20. The molecule has 2 aliphatic carbocycles. The van der Waals surface area contributed by atoms with Gasteiger partial charge in [0.05, 0.1) is 32.0 Å². The molecule has 0 radical (unpaired) electrons. The lowest BCUT2D eigenvalue weighted by molar-refractivity contribution is -0.188. The summed E-state index contributed by atoms with van der Waals surface area (Å²) in [4.78, 5) is 45.1. The number of aliphatic hydroxyl groups excluding tert-OH is 2. The van der Waals surface area contributed by atoms with E-state index in [0.29, 0.717) is 0 Å². The average Bonchev–Trinajstić information content (AvgIpc) is 2.56. The molecular weight excluding hydrogens is 376 g/mol. The molecule has 2 rings (SSSR count). The highest BCUT2D eigenvalue weighted by Gasteiger charge is 2.58. The standard InChI is InChI=1S/C10H16O5.C8H12O5/c1-3-14-8(12)10(5-7(11)6-10)9(13)15-4-2;1-2-13-7(12)8(6(10)11)3-5(9)4-8/h7,11H,3-6H2,1-2H3;5,9H,2-4H2,1H3,(H,10,11). The van der Waals surface area contributed by atoms with Crippen LogP contribution >= 0.6 is 0 Å². The van der Waals surface area contributed by atoms with Gasteiger partial charge >= 0.3 is 23.9 Å². The highest BCUT2D eigenvalue weighted by Crippen LogP contribution is 2.44. The number of hydrogen-bond acceptors (Lipinski definition) is 9. The number of hydrogen-bond donors (Lipinski definition) is 3. The van der Waals surface area contributed by atoms with Gasteiger partial charge in [-0.1, -0.05) is 0 Å². The summed E-state index contributed by atoms with van der Waals surface area (Å²) in [7, 11) is 0. The minimum atomic E-state index is -1.49. The number of carboxylic acid groups (broad SMARTS) is 1. The Morgan fingerprint density at radius 1 is 0.714 bits per heavy atom. The lowest BCUT2D eigenvalue weighted by atomic mass is 9.66. The van der Waals surface area contributed by atoms with Crippen molar-refractivity contribution in [3.63, 3.8) is 0 Å². The predicted molar refractivity (Wildman–Crippen MR) is 92.9 cm³/mol. The summed E-state index contributed by atoms with van der Waals surface area (Å²) in [6.07, 6.45) is -1.18. The van der Waals surface area contributed by atoms with Crippen LogP contribution in [0.15, 0.2) is 0 Å². The predicted octanol–water partition coefficient (Wildman–Crippen LogP) is 0.0289. The van der Waals surface area contributed by atoms with Crippen LogP contribution in [0, 0.1) is 10.8 Å². The molecule has 10 heteroatoms. The van der Waals surface area contributed by atoms with Crippen LogP contribution in [0.5, 0.6) is 0 Å². The van der Waals surface area contributed by atoms with Gasteiger partial charge in [0.2, 0.25) is 0 Å². The Bertz CT molecular complexity index is 567. The van der Waals surface area contributed by atoms with Crippen LogP contribution < -0.4 is 0 Å². The van der Waals surface area contributed by atoms with Crippen molar-refractivity contribution in [1.82, 2.24) is 0 Å². The Hall–Kier alpha value is -2.20. The second kappa shape index (κ2) is 9.83. The number of carbonyl (C=O) groups excluding carboxylic acids is 3. The van der Waals surface area contributed by atoms with Gasteiger partial charge in [-0.2, -0.15) is 0 Å². The van der Waals surface area contributed by atoms with Crippen LogP contribution in [0.25, 0.3) is 0 Å². The quantitative estimate of drug-likeness (QED) is 0.300. The third-order valence-electron chi connectivity index (χ3n) is 4.74. The maximum Gasteiger partial charge on any atom is 0.323 e. The van der Waals surface area contributed by atoms with Crippen molar-refractivity contribution in [2.75, 3.05) is 19.8 Å². The van der Waals surface area contributed by atoms with Gasteiger partial charge < -0.3 is 29.5 Å². The van der Waals surface area contributed by atoms with Crippen LogP contribution in [-0.2, 0) is 33.4 Å². The van der Waals surface area contributed by atoms with E-state index in [9.17, 15) is 24.3 Å². The molecule has 28 heavy (non-hydrogen) atoms. The molecule has 0 saturated heterocycles. The number of esters is 3. The highest BCUT2D eigenvalue weighted by molar-refractivity contribution is 6.01. The van der Waals surface area contributed by atoms with Crippen molar-refractivity contribution in [3.05, 3.63) is 0 Å². The van der Waals surface area contributed by atoms with Gasteiger partial charge in [0.15, 0.2) is 10.8 Å². The molecule has 160 valence electrons. The first-order chi connectivity index (χ1) is 13.1. The van der Waals surface area contributed by atoms with E-state index in [0.717, 1.165) is 0 Å². The third kappa shape index (κ3) is 4.79. The van der Waals surface area contributed by atoms with Crippen molar-refractivity contribution in [2.24, 2.45) is 10.8 Å². The van der Waals surface area contributed by atoms with E-state index in [1.807, 2.05) is 0 Å². The smallest absolute Gasteiger partial charge is 0.323 e. The number of aliphatic hydroxyl groups is 2. The van der Waals surface area contributed by atoms with Gasteiger partial charge in [0, 0.05) is 25.7 Å². The Kier molecular flexibility index (Phi) is 8.37. The zero-order valence-corrected chi connectivity index (χ0v) is 16.3. The van der Waals surface area contributed by atoms with Gasteiger partial charge in [-0.05, 0) is 20.8 Å². The van der Waals surface area contributed by atoms with Crippen LogP contribution in [0.2, 0.25) is 0 Å². The molecule has 2 aliphatic rings. The molecule has 0 heterocycles. The second-order valence-corrected chi connectivity index (χ2v) is 6.75. The number of carboxylic acids is 1. The number of carbonyl (C=O) groups is 4. The van der Waals surface area contributed by atoms with Crippen molar-refractivity contribution in [3.8, 4) is 0 Å². The van der Waals surface area contributed by atoms with E-state index in [1.165, 1.54) is 0 Å². The first kappa shape index (κ1) is 23.8. The minimum Gasteiger partial charge on any atom is -0.480 e. The maximum atomic E-state index is 11.6. The van der Waals surface area contributed by atoms with Crippen molar-refractivity contribution < 1.29 is 48.7 Å². The van der Waals surface area contributed by atoms with Gasteiger partial charge in [0.1, 0.15) is 0 Å². The van der Waals surface area contributed by atoms with Crippen molar-refractivity contribution in [2.45, 2.75) is 58.7 Å². The van der Waals surface area contributed by atoms with E-state index >= 15 is 0 Å². The summed E-state index contributed by atoms with van der Waals surface area (Å²) in [5.74, 6) is -3.13. The maximum absolute atomic E-state index is 11.6. The zero-order chi connectivity index (χ0) is 21.5. The van der Waals surface area contributed by atoms with Crippen LogP contribution in [0.3, 0.4) is 0 Å². The molecule has 0 amide bonds. The molecule has 0 bridgehead atoms. The van der Waals surface area contributed by atoms with Crippen LogP contribution in [0.1, 0.15) is 46.5 Å². The van der Waals surface area contributed by atoms with Crippen molar-refractivity contribution in [1.29, 1.82) is 0 Å². The molecular formula is C18H28O10. The summed E-state index contributed by atoms with van der Waals surface area (Å²) in [5.41, 5.74) is -2.75. The average molecular weight is 404 g/mol. The van der Waals surface area contributed by atoms with Crippen LogP contribution in [0.4, 0.5) is 0 Å². The molecule has 0 aromatic heterocycles. The molecule has 2 saturated carbocycles. The van der Waals surface area contributed by atoms with E-state index in [4.69, 9.17) is 19.7 Å². The van der Waals surface area contributed by atoms with Gasteiger partial charge in [-0.3, -0.25) is 19.2 Å². The summed E-state index contributed by atoms with van der Waals surface area (Å²) in [6.45, 7) is 5.55. The Morgan fingerprint density at radius 3 is 1.25 bits per heavy atom. The van der Waals surface area contributed by atoms with E-state index in [2.05, 4.69) is 4.74 Å². The first-order valence-corrected chi connectivity index (χ1v) is 9.20. The fourth-order valence-electron chi connectivity index (χ4n) is 3.14. The van der Waals surface area contributed by atoms with Crippen molar-refractivity contribution >= 4 is 23.9 Å². The normalized spacial score (nSPS) is 25.1. The number of rotatable bonds is 7. The molecule has 3 N–H and O–H groups in total. The summed E-state index contributed by atoms with van der Waals surface area (Å²) in [6, 6.07) is 0. The second-order valence-electron chi connectivity index (χ2n) is 6.75. The molecule has 0 atom stereocenters. The highest BCUT2D eigenvalue weighted by atomic mass is 16.6. The fourth-order valence-corrected chi connectivity index (χ4v) is 3.14. The molecule has 0 aromatic rings. The topological polar surface area (TPSA) is 157 Å². The Morgan fingerprint density at radius 2 is 1.00 bits per heavy atom.